The molecule has 2 atom stereocenters. The molecule has 0 radical (unpaired) electrons. The third-order valence-electron chi connectivity index (χ3n) is 3.02. The van der Waals surface area contributed by atoms with Gasteiger partial charge in [-0.15, -0.1) is 0 Å². The number of aliphatic carboxylic acids is 1. The zero-order chi connectivity index (χ0) is 12.8. The van der Waals surface area contributed by atoms with Gasteiger partial charge in [-0.1, -0.05) is 6.42 Å². The number of rotatable bonds is 6. The van der Waals surface area contributed by atoms with Gasteiger partial charge in [-0.3, -0.25) is 9.59 Å². The van der Waals surface area contributed by atoms with Crippen LogP contribution in [0.5, 0.6) is 0 Å². The van der Waals surface area contributed by atoms with Gasteiger partial charge in [0.1, 0.15) is 0 Å². The molecule has 0 aromatic heterocycles. The first-order valence-corrected chi connectivity index (χ1v) is 6.14. The molecule has 0 heterocycles. The summed E-state index contributed by atoms with van der Waals surface area (Å²) in [5, 5.41) is 11.7. The first-order valence-electron chi connectivity index (χ1n) is 6.14. The van der Waals surface area contributed by atoms with Crippen molar-refractivity contribution in [2.75, 3.05) is 13.2 Å². The Balaban J connectivity index is 2.29. The first-order chi connectivity index (χ1) is 8.02. The standard InChI is InChI=1S/C12H21NO4/c1-8(2)17-7-6-13-11(14)9-4-3-5-10(9)12(15)16/h8-10H,3-7H2,1-2H3,(H,13,14)(H,15,16). The van der Waals surface area contributed by atoms with E-state index in [1.165, 1.54) is 0 Å². The van der Waals surface area contributed by atoms with E-state index >= 15 is 0 Å². The van der Waals surface area contributed by atoms with Gasteiger partial charge in [-0.2, -0.15) is 0 Å². The average Bonchev–Trinajstić information content (AvgIpc) is 2.72. The van der Waals surface area contributed by atoms with E-state index in [0.717, 1.165) is 6.42 Å². The predicted molar refractivity (Wildman–Crippen MR) is 62.6 cm³/mol. The Labute approximate surface area is 102 Å². The minimum atomic E-state index is -0.860. The fraction of sp³-hybridized carbons (Fsp3) is 0.833. The molecular weight excluding hydrogens is 222 g/mol. The summed E-state index contributed by atoms with van der Waals surface area (Å²) < 4.78 is 5.30. The number of hydrogen-bond acceptors (Lipinski definition) is 3. The summed E-state index contributed by atoms with van der Waals surface area (Å²) in [5.41, 5.74) is 0. The molecule has 0 saturated heterocycles. The lowest BCUT2D eigenvalue weighted by atomic mass is 9.95. The second-order valence-corrected chi connectivity index (χ2v) is 4.69. The van der Waals surface area contributed by atoms with Gasteiger partial charge < -0.3 is 15.2 Å². The summed E-state index contributed by atoms with van der Waals surface area (Å²) in [4.78, 5) is 22.7. The largest absolute Gasteiger partial charge is 0.481 e. The van der Waals surface area contributed by atoms with E-state index < -0.39 is 11.9 Å². The highest BCUT2D eigenvalue weighted by molar-refractivity contribution is 5.85. The summed E-state index contributed by atoms with van der Waals surface area (Å²) in [6, 6.07) is 0. The molecule has 17 heavy (non-hydrogen) atoms. The Hall–Kier alpha value is -1.10. The summed E-state index contributed by atoms with van der Waals surface area (Å²) in [7, 11) is 0. The molecule has 0 aliphatic heterocycles. The zero-order valence-electron chi connectivity index (χ0n) is 10.4. The van der Waals surface area contributed by atoms with Crippen LogP contribution in [0, 0.1) is 11.8 Å². The molecule has 0 aromatic rings. The van der Waals surface area contributed by atoms with E-state index in [1.807, 2.05) is 13.8 Å². The predicted octanol–water partition coefficient (Wildman–Crippen LogP) is 1.03. The molecule has 1 amide bonds. The highest BCUT2D eigenvalue weighted by atomic mass is 16.5. The first kappa shape index (κ1) is 14.0. The van der Waals surface area contributed by atoms with Gasteiger partial charge in [0.05, 0.1) is 24.5 Å². The summed E-state index contributed by atoms with van der Waals surface area (Å²) >= 11 is 0. The molecule has 0 bridgehead atoms. The van der Waals surface area contributed by atoms with Crippen LogP contribution >= 0.6 is 0 Å². The lowest BCUT2D eigenvalue weighted by Gasteiger charge is -2.16. The van der Waals surface area contributed by atoms with Crippen molar-refractivity contribution in [3.63, 3.8) is 0 Å². The molecular formula is C12H21NO4. The zero-order valence-corrected chi connectivity index (χ0v) is 10.4. The highest BCUT2D eigenvalue weighted by Crippen LogP contribution is 2.31. The molecule has 1 aliphatic carbocycles. The van der Waals surface area contributed by atoms with Gasteiger partial charge in [-0.05, 0) is 26.7 Å². The minimum Gasteiger partial charge on any atom is -0.481 e. The fourth-order valence-electron chi connectivity index (χ4n) is 2.17. The number of ether oxygens (including phenoxy) is 1. The Morgan fingerprint density at radius 1 is 1.35 bits per heavy atom. The molecule has 2 N–H and O–H groups in total. The SMILES string of the molecule is CC(C)OCCNC(=O)C1CCCC1C(=O)O. The Kier molecular flexibility index (Phi) is 5.41. The normalized spacial score (nSPS) is 23.9. The van der Waals surface area contributed by atoms with Crippen molar-refractivity contribution >= 4 is 11.9 Å². The van der Waals surface area contributed by atoms with Crippen molar-refractivity contribution in [3.05, 3.63) is 0 Å². The van der Waals surface area contributed by atoms with Gasteiger partial charge >= 0.3 is 5.97 Å². The lowest BCUT2D eigenvalue weighted by molar-refractivity contribution is -0.146. The van der Waals surface area contributed by atoms with Gasteiger partial charge in [0.25, 0.3) is 0 Å². The summed E-state index contributed by atoms with van der Waals surface area (Å²) in [6.45, 7) is 4.77. The Morgan fingerprint density at radius 2 is 2.00 bits per heavy atom. The third-order valence-corrected chi connectivity index (χ3v) is 3.02. The molecule has 98 valence electrons. The topological polar surface area (TPSA) is 75.6 Å². The summed E-state index contributed by atoms with van der Waals surface area (Å²) in [5.74, 6) is -1.89. The number of carboxylic acid groups (broad SMARTS) is 1. The molecule has 1 saturated carbocycles. The quantitative estimate of drug-likeness (QED) is 0.683. The molecule has 2 unspecified atom stereocenters. The number of hydrogen-bond donors (Lipinski definition) is 2. The van der Waals surface area contributed by atoms with Crippen LogP contribution in [-0.4, -0.2) is 36.2 Å². The number of carboxylic acids is 1. The smallest absolute Gasteiger partial charge is 0.307 e. The minimum absolute atomic E-state index is 0.144. The van der Waals surface area contributed by atoms with Crippen LogP contribution in [0.25, 0.3) is 0 Å². The summed E-state index contributed by atoms with van der Waals surface area (Å²) in [6.07, 6.45) is 2.24. The average molecular weight is 243 g/mol. The number of carbonyl (C=O) groups is 2. The highest BCUT2D eigenvalue weighted by Gasteiger charge is 2.37. The van der Waals surface area contributed by atoms with E-state index in [-0.39, 0.29) is 17.9 Å². The van der Waals surface area contributed by atoms with Crippen molar-refractivity contribution in [1.29, 1.82) is 0 Å². The van der Waals surface area contributed by atoms with Crippen LogP contribution in [0.3, 0.4) is 0 Å². The van der Waals surface area contributed by atoms with E-state index in [4.69, 9.17) is 9.84 Å². The van der Waals surface area contributed by atoms with Crippen LogP contribution in [0.15, 0.2) is 0 Å². The van der Waals surface area contributed by atoms with E-state index in [1.54, 1.807) is 0 Å². The van der Waals surface area contributed by atoms with Crippen LogP contribution < -0.4 is 5.32 Å². The molecule has 5 heteroatoms. The molecule has 1 aliphatic rings. The maximum atomic E-state index is 11.8. The Morgan fingerprint density at radius 3 is 2.59 bits per heavy atom. The van der Waals surface area contributed by atoms with Crippen molar-refractivity contribution < 1.29 is 19.4 Å². The second kappa shape index (κ2) is 6.59. The maximum absolute atomic E-state index is 11.8. The van der Waals surface area contributed by atoms with Crippen molar-refractivity contribution in [3.8, 4) is 0 Å². The molecule has 1 rings (SSSR count). The Bertz CT molecular complexity index is 278. The van der Waals surface area contributed by atoms with Gasteiger partial charge in [-0.25, -0.2) is 0 Å². The van der Waals surface area contributed by atoms with E-state index in [0.29, 0.717) is 26.0 Å². The molecule has 5 nitrogen and oxygen atoms in total. The molecule has 0 aromatic carbocycles. The van der Waals surface area contributed by atoms with Crippen LogP contribution in [0.2, 0.25) is 0 Å². The van der Waals surface area contributed by atoms with Crippen molar-refractivity contribution in [2.24, 2.45) is 11.8 Å². The molecule has 0 spiro atoms. The van der Waals surface area contributed by atoms with Crippen LogP contribution in [0.1, 0.15) is 33.1 Å². The third kappa shape index (κ3) is 4.34. The number of amides is 1. The lowest BCUT2D eigenvalue weighted by Crippen LogP contribution is -2.37. The van der Waals surface area contributed by atoms with E-state index in [2.05, 4.69) is 5.32 Å². The van der Waals surface area contributed by atoms with Gasteiger partial charge in [0.2, 0.25) is 5.91 Å². The van der Waals surface area contributed by atoms with E-state index in [9.17, 15) is 9.59 Å². The number of nitrogens with one attached hydrogen (secondary N) is 1. The molecule has 1 fully saturated rings. The number of carbonyl (C=O) groups excluding carboxylic acids is 1. The van der Waals surface area contributed by atoms with Gasteiger partial charge in [0.15, 0.2) is 0 Å². The fourth-order valence-corrected chi connectivity index (χ4v) is 2.17. The van der Waals surface area contributed by atoms with Gasteiger partial charge in [0, 0.05) is 6.54 Å². The van der Waals surface area contributed by atoms with Crippen LogP contribution in [0.4, 0.5) is 0 Å². The maximum Gasteiger partial charge on any atom is 0.307 e. The van der Waals surface area contributed by atoms with Crippen molar-refractivity contribution in [2.45, 2.75) is 39.2 Å². The monoisotopic (exact) mass is 243 g/mol. The second-order valence-electron chi connectivity index (χ2n) is 4.69. The van der Waals surface area contributed by atoms with Crippen molar-refractivity contribution in [1.82, 2.24) is 5.32 Å². The van der Waals surface area contributed by atoms with Crippen LogP contribution in [-0.2, 0) is 14.3 Å².